The number of hydrogen-bond donors (Lipinski definition) is 0. The first-order chi connectivity index (χ1) is 10.2. The van der Waals surface area contributed by atoms with Gasteiger partial charge >= 0.3 is 0 Å². The second-order valence-corrected chi connectivity index (χ2v) is 10.9. The van der Waals surface area contributed by atoms with Crippen molar-refractivity contribution < 1.29 is 8.78 Å². The summed E-state index contributed by atoms with van der Waals surface area (Å²) in [5, 5.41) is 0. The van der Waals surface area contributed by atoms with Crippen LogP contribution in [0.2, 0.25) is 18.1 Å². The molecule has 122 valence electrons. The molecule has 0 aromatic heterocycles. The molecule has 0 N–H and O–H groups in total. The number of halogens is 2. The van der Waals surface area contributed by atoms with Crippen LogP contribution in [-0.2, 0) is 0 Å². The van der Waals surface area contributed by atoms with Gasteiger partial charge in [0.1, 0.15) is 0 Å². The Hall–Kier alpha value is -0.183. The topological polar surface area (TPSA) is 0 Å². The maximum Gasteiger partial charge on any atom is 0.266 e. The molecule has 2 fully saturated rings. The van der Waals surface area contributed by atoms with E-state index in [-0.39, 0.29) is 5.92 Å². The van der Waals surface area contributed by atoms with Crippen LogP contribution in [0.3, 0.4) is 0 Å². The van der Waals surface area contributed by atoms with Crippen molar-refractivity contribution in [2.24, 2.45) is 17.8 Å². The molecule has 0 bridgehead atoms. The molecule has 0 nitrogen and oxygen atoms in total. The van der Waals surface area contributed by atoms with Crippen molar-refractivity contribution in [1.29, 1.82) is 0 Å². The highest BCUT2D eigenvalue weighted by Crippen LogP contribution is 2.41. The van der Waals surface area contributed by atoms with Crippen LogP contribution in [0.25, 0.3) is 0 Å². The van der Waals surface area contributed by atoms with E-state index in [1.165, 1.54) is 51.0 Å². The van der Waals surface area contributed by atoms with Crippen LogP contribution in [-0.4, -0.2) is 8.80 Å². The van der Waals surface area contributed by atoms with Crippen LogP contribution in [0.5, 0.6) is 0 Å². The number of unbranched alkanes of at least 4 members (excludes halogenated alkanes) is 2. The molecule has 3 heteroatoms. The minimum Gasteiger partial charge on any atom is -0.174 e. The molecule has 0 spiro atoms. The number of allylic oxidation sites excluding steroid dienone is 1. The quantitative estimate of drug-likeness (QED) is 0.393. The predicted molar refractivity (Wildman–Crippen MR) is 89.6 cm³/mol. The van der Waals surface area contributed by atoms with Crippen LogP contribution < -0.4 is 0 Å². The van der Waals surface area contributed by atoms with E-state index in [2.05, 4.69) is 6.92 Å². The summed E-state index contributed by atoms with van der Waals surface area (Å²) in [6.45, 7) is 2.29. The molecular formula is C18H32F2Si. The standard InChI is InChI=1S/C18H32F2Si/c1-2-3-4-11-21-12-9-17(10-13-21)16-7-5-15(6-8-16)14-18(19)20/h14-17,21H,2-13H2,1H3/t15-,16-,17?,21?. The van der Waals surface area contributed by atoms with Crippen LogP contribution >= 0.6 is 0 Å². The third-order valence-electron chi connectivity index (χ3n) is 5.95. The van der Waals surface area contributed by atoms with E-state index < -0.39 is 14.9 Å². The van der Waals surface area contributed by atoms with Crippen LogP contribution in [0.4, 0.5) is 8.78 Å². The van der Waals surface area contributed by atoms with Gasteiger partial charge < -0.3 is 0 Å². The largest absolute Gasteiger partial charge is 0.266 e. The van der Waals surface area contributed by atoms with Gasteiger partial charge in [-0.15, -0.1) is 0 Å². The fourth-order valence-electron chi connectivity index (χ4n) is 4.59. The lowest BCUT2D eigenvalue weighted by Gasteiger charge is -2.37. The lowest BCUT2D eigenvalue weighted by Crippen LogP contribution is -2.28. The lowest BCUT2D eigenvalue weighted by atomic mass is 9.74. The minimum atomic E-state index is -1.47. The molecule has 21 heavy (non-hydrogen) atoms. The second kappa shape index (κ2) is 9.07. The Bertz CT molecular complexity index is 309. The van der Waals surface area contributed by atoms with Crippen molar-refractivity contribution >= 4 is 8.80 Å². The van der Waals surface area contributed by atoms with Gasteiger partial charge in [-0.3, -0.25) is 0 Å². The molecular weight excluding hydrogens is 282 g/mol. The number of hydrogen-bond acceptors (Lipinski definition) is 0. The fraction of sp³-hybridized carbons (Fsp3) is 0.889. The summed E-state index contributed by atoms with van der Waals surface area (Å²) in [5.41, 5.74) is 0. The van der Waals surface area contributed by atoms with E-state index in [1.54, 1.807) is 18.1 Å². The van der Waals surface area contributed by atoms with Crippen molar-refractivity contribution in [3.63, 3.8) is 0 Å². The molecule has 1 saturated carbocycles. The van der Waals surface area contributed by atoms with E-state index in [0.29, 0.717) is 0 Å². The second-order valence-electron chi connectivity index (χ2n) is 7.41. The third kappa shape index (κ3) is 5.84. The molecule has 0 aromatic carbocycles. The van der Waals surface area contributed by atoms with Gasteiger partial charge in [-0.1, -0.05) is 57.2 Å². The van der Waals surface area contributed by atoms with E-state index in [9.17, 15) is 8.78 Å². The summed E-state index contributed by atoms with van der Waals surface area (Å²) in [6.07, 6.45) is 11.3. The van der Waals surface area contributed by atoms with Crippen molar-refractivity contribution in [2.45, 2.75) is 82.8 Å². The Morgan fingerprint density at radius 1 is 0.952 bits per heavy atom. The van der Waals surface area contributed by atoms with Crippen molar-refractivity contribution in [3.8, 4) is 0 Å². The fourth-order valence-corrected chi connectivity index (χ4v) is 8.12. The predicted octanol–water partition coefficient (Wildman–Crippen LogP) is 6.40. The zero-order chi connectivity index (χ0) is 15.1. The highest BCUT2D eigenvalue weighted by Gasteiger charge is 2.30. The summed E-state index contributed by atoms with van der Waals surface area (Å²) in [5.74, 6) is 1.94. The lowest BCUT2D eigenvalue weighted by molar-refractivity contribution is 0.206. The molecule has 1 saturated heterocycles. The van der Waals surface area contributed by atoms with E-state index in [4.69, 9.17) is 0 Å². The van der Waals surface area contributed by atoms with Crippen LogP contribution in [0, 0.1) is 17.8 Å². The van der Waals surface area contributed by atoms with Gasteiger partial charge in [-0.2, -0.15) is 8.78 Å². The van der Waals surface area contributed by atoms with Crippen LogP contribution in [0.1, 0.15) is 64.7 Å². The van der Waals surface area contributed by atoms with E-state index in [0.717, 1.165) is 24.7 Å². The van der Waals surface area contributed by atoms with Gasteiger partial charge in [0.2, 0.25) is 0 Å². The summed E-state index contributed by atoms with van der Waals surface area (Å²) >= 11 is 0. The average molecular weight is 315 g/mol. The Morgan fingerprint density at radius 2 is 1.57 bits per heavy atom. The molecule has 0 aromatic rings. The smallest absolute Gasteiger partial charge is 0.174 e. The minimum absolute atomic E-state index is 0.158. The van der Waals surface area contributed by atoms with Gasteiger partial charge in [0.15, 0.2) is 0 Å². The molecule has 0 amide bonds. The Kier molecular flexibility index (Phi) is 7.42. The summed E-state index contributed by atoms with van der Waals surface area (Å²) < 4.78 is 24.6. The van der Waals surface area contributed by atoms with Crippen molar-refractivity contribution in [1.82, 2.24) is 0 Å². The molecule has 0 radical (unpaired) electrons. The monoisotopic (exact) mass is 314 g/mol. The maximum atomic E-state index is 12.3. The van der Waals surface area contributed by atoms with Gasteiger partial charge in [0.25, 0.3) is 6.08 Å². The normalized spacial score (nSPS) is 33.7. The van der Waals surface area contributed by atoms with Gasteiger partial charge in [0.05, 0.1) is 0 Å². The zero-order valence-electron chi connectivity index (χ0n) is 13.6. The molecule has 0 unspecified atom stereocenters. The first-order valence-electron chi connectivity index (χ1n) is 9.21. The Morgan fingerprint density at radius 3 is 2.14 bits per heavy atom. The molecule has 1 aliphatic carbocycles. The highest BCUT2D eigenvalue weighted by atomic mass is 28.3. The Balaban J connectivity index is 1.66. The molecule has 2 rings (SSSR count). The third-order valence-corrected chi connectivity index (χ3v) is 9.48. The molecule has 1 aliphatic heterocycles. The van der Waals surface area contributed by atoms with Gasteiger partial charge in [-0.05, 0) is 49.5 Å². The zero-order valence-corrected chi connectivity index (χ0v) is 14.8. The first-order valence-corrected chi connectivity index (χ1v) is 11.7. The summed E-state index contributed by atoms with van der Waals surface area (Å²) in [4.78, 5) is 0. The van der Waals surface area contributed by atoms with Gasteiger partial charge in [-0.25, -0.2) is 0 Å². The molecule has 2 aliphatic rings. The SMILES string of the molecule is CCCCC[SiH]1CCC([C@H]2CC[C@H](C=C(F)F)CC2)CC1. The average Bonchev–Trinajstić information content (AvgIpc) is 2.49. The van der Waals surface area contributed by atoms with Gasteiger partial charge in [0, 0.05) is 8.80 Å². The Labute approximate surface area is 131 Å². The van der Waals surface area contributed by atoms with Crippen molar-refractivity contribution in [3.05, 3.63) is 12.2 Å². The first kappa shape index (κ1) is 17.2. The molecule has 1 heterocycles. The maximum absolute atomic E-state index is 12.3. The summed E-state index contributed by atoms with van der Waals surface area (Å²) in [7, 11) is -0.391. The van der Waals surface area contributed by atoms with Crippen LogP contribution in [0.15, 0.2) is 12.2 Å². The van der Waals surface area contributed by atoms with E-state index >= 15 is 0 Å². The van der Waals surface area contributed by atoms with Crippen molar-refractivity contribution in [2.75, 3.05) is 0 Å². The molecule has 0 atom stereocenters. The number of rotatable bonds is 6. The highest BCUT2D eigenvalue weighted by molar-refractivity contribution is 6.58. The summed E-state index contributed by atoms with van der Waals surface area (Å²) in [6, 6.07) is 4.70. The van der Waals surface area contributed by atoms with E-state index in [1.807, 2.05) is 0 Å².